The van der Waals surface area contributed by atoms with Gasteiger partial charge in [0, 0.05) is 24.5 Å². The van der Waals surface area contributed by atoms with Crippen LogP contribution in [0.2, 0.25) is 5.02 Å². The Balaban J connectivity index is 1.84. The summed E-state index contributed by atoms with van der Waals surface area (Å²) in [6, 6.07) is 5.50. The van der Waals surface area contributed by atoms with Crippen molar-refractivity contribution in [1.29, 1.82) is 0 Å². The molecule has 6 nitrogen and oxygen atoms in total. The molecule has 1 aromatic carbocycles. The van der Waals surface area contributed by atoms with Gasteiger partial charge in [0.25, 0.3) is 0 Å². The second-order valence-electron chi connectivity index (χ2n) is 4.37. The second kappa shape index (κ2) is 7.86. The summed E-state index contributed by atoms with van der Waals surface area (Å²) in [4.78, 5) is 0. The third-order valence-electron chi connectivity index (χ3n) is 2.87. The van der Waals surface area contributed by atoms with E-state index in [9.17, 15) is 0 Å². The fourth-order valence-electron chi connectivity index (χ4n) is 1.83. The SMILES string of the molecule is COc1ccc(NC(=S)NCCn2cc(Cl)cn2)cc1OC. The molecule has 118 valence electrons. The van der Waals surface area contributed by atoms with Crippen molar-refractivity contribution in [2.45, 2.75) is 6.54 Å². The second-order valence-corrected chi connectivity index (χ2v) is 5.22. The van der Waals surface area contributed by atoms with Crippen molar-refractivity contribution >= 4 is 34.6 Å². The van der Waals surface area contributed by atoms with E-state index in [-0.39, 0.29) is 0 Å². The maximum atomic E-state index is 5.80. The van der Waals surface area contributed by atoms with Crippen molar-refractivity contribution in [3.05, 3.63) is 35.6 Å². The maximum absolute atomic E-state index is 5.80. The Morgan fingerprint density at radius 2 is 2.09 bits per heavy atom. The van der Waals surface area contributed by atoms with Crippen LogP contribution in [0.15, 0.2) is 30.6 Å². The van der Waals surface area contributed by atoms with Crippen LogP contribution >= 0.6 is 23.8 Å². The molecule has 0 amide bonds. The lowest BCUT2D eigenvalue weighted by Crippen LogP contribution is -2.31. The molecule has 0 saturated heterocycles. The van der Waals surface area contributed by atoms with E-state index in [1.807, 2.05) is 18.2 Å². The van der Waals surface area contributed by atoms with E-state index < -0.39 is 0 Å². The van der Waals surface area contributed by atoms with Gasteiger partial charge < -0.3 is 20.1 Å². The molecule has 0 aliphatic rings. The smallest absolute Gasteiger partial charge is 0.170 e. The molecule has 0 saturated carbocycles. The summed E-state index contributed by atoms with van der Waals surface area (Å²) in [5, 5.41) is 11.4. The Labute approximate surface area is 139 Å². The highest BCUT2D eigenvalue weighted by molar-refractivity contribution is 7.80. The van der Waals surface area contributed by atoms with Gasteiger partial charge in [-0.05, 0) is 24.4 Å². The van der Waals surface area contributed by atoms with Crippen LogP contribution in [0.4, 0.5) is 5.69 Å². The van der Waals surface area contributed by atoms with E-state index in [1.165, 1.54) is 0 Å². The summed E-state index contributed by atoms with van der Waals surface area (Å²) in [7, 11) is 3.19. The van der Waals surface area contributed by atoms with E-state index in [1.54, 1.807) is 31.3 Å². The van der Waals surface area contributed by atoms with Crippen LogP contribution < -0.4 is 20.1 Å². The molecular weight excluding hydrogens is 324 g/mol. The van der Waals surface area contributed by atoms with Gasteiger partial charge in [-0.1, -0.05) is 11.6 Å². The summed E-state index contributed by atoms with van der Waals surface area (Å²) in [6.45, 7) is 1.30. The summed E-state index contributed by atoms with van der Waals surface area (Å²) in [5.74, 6) is 1.31. The number of hydrogen-bond donors (Lipinski definition) is 2. The van der Waals surface area contributed by atoms with Gasteiger partial charge in [0.15, 0.2) is 16.6 Å². The number of nitrogens with zero attached hydrogens (tertiary/aromatic N) is 2. The molecule has 0 unspecified atom stereocenters. The molecular formula is C14H17ClN4O2S. The quantitative estimate of drug-likeness (QED) is 0.788. The number of ether oxygens (including phenoxy) is 2. The van der Waals surface area contributed by atoms with Crippen molar-refractivity contribution in [2.75, 3.05) is 26.1 Å². The first-order valence-corrected chi connectivity index (χ1v) is 7.36. The van der Waals surface area contributed by atoms with Gasteiger partial charge in [0.05, 0.1) is 32.0 Å². The first-order chi connectivity index (χ1) is 10.6. The van der Waals surface area contributed by atoms with Gasteiger partial charge in [-0.3, -0.25) is 4.68 Å². The van der Waals surface area contributed by atoms with E-state index in [2.05, 4.69) is 15.7 Å². The predicted molar refractivity (Wildman–Crippen MR) is 91.0 cm³/mol. The molecule has 22 heavy (non-hydrogen) atoms. The van der Waals surface area contributed by atoms with Gasteiger partial charge >= 0.3 is 0 Å². The van der Waals surface area contributed by atoms with Gasteiger partial charge in [0.1, 0.15) is 0 Å². The largest absolute Gasteiger partial charge is 0.493 e. The molecule has 1 heterocycles. The number of methoxy groups -OCH3 is 2. The summed E-state index contributed by atoms with van der Waals surface area (Å²) >= 11 is 11.0. The summed E-state index contributed by atoms with van der Waals surface area (Å²) in [5.41, 5.74) is 0.817. The number of halogens is 1. The van der Waals surface area contributed by atoms with Crippen LogP contribution in [0.1, 0.15) is 0 Å². The Hall–Kier alpha value is -1.99. The van der Waals surface area contributed by atoms with E-state index in [0.29, 0.717) is 34.7 Å². The molecule has 2 rings (SSSR count). The van der Waals surface area contributed by atoms with Gasteiger partial charge in [-0.25, -0.2) is 0 Å². The normalized spacial score (nSPS) is 10.1. The zero-order valence-electron chi connectivity index (χ0n) is 12.3. The topological polar surface area (TPSA) is 60.3 Å². The molecule has 0 atom stereocenters. The Morgan fingerprint density at radius 1 is 1.32 bits per heavy atom. The molecule has 0 aliphatic heterocycles. The van der Waals surface area contributed by atoms with Crippen LogP contribution in [-0.2, 0) is 6.54 Å². The van der Waals surface area contributed by atoms with Crippen LogP contribution in [0, 0.1) is 0 Å². The molecule has 0 bridgehead atoms. The fraction of sp³-hybridized carbons (Fsp3) is 0.286. The molecule has 1 aromatic heterocycles. The van der Waals surface area contributed by atoms with Crippen LogP contribution in [0.3, 0.4) is 0 Å². The lowest BCUT2D eigenvalue weighted by atomic mass is 10.3. The third-order valence-corrected chi connectivity index (χ3v) is 3.31. The number of anilines is 1. The van der Waals surface area contributed by atoms with E-state index in [0.717, 1.165) is 5.69 Å². The molecule has 0 spiro atoms. The number of rotatable bonds is 6. The van der Waals surface area contributed by atoms with E-state index in [4.69, 9.17) is 33.3 Å². The highest BCUT2D eigenvalue weighted by Crippen LogP contribution is 2.29. The molecule has 0 fully saturated rings. The summed E-state index contributed by atoms with van der Waals surface area (Å²) in [6.07, 6.45) is 3.36. The van der Waals surface area contributed by atoms with Crippen molar-refractivity contribution in [3.63, 3.8) is 0 Å². The van der Waals surface area contributed by atoms with E-state index >= 15 is 0 Å². The van der Waals surface area contributed by atoms with Gasteiger partial charge in [0.2, 0.25) is 0 Å². The first kappa shape index (κ1) is 16.4. The number of thiocarbonyl (C=S) groups is 1. The standard InChI is InChI=1S/C14H17ClN4O2S/c1-20-12-4-3-11(7-13(12)21-2)18-14(22)16-5-6-19-9-10(15)8-17-19/h3-4,7-9H,5-6H2,1-2H3,(H2,16,18,22). The number of hydrogen-bond acceptors (Lipinski definition) is 4. The Morgan fingerprint density at radius 3 is 2.73 bits per heavy atom. The molecule has 2 N–H and O–H groups in total. The number of benzene rings is 1. The van der Waals surface area contributed by atoms with Crippen molar-refractivity contribution < 1.29 is 9.47 Å². The van der Waals surface area contributed by atoms with Gasteiger partial charge in [-0.15, -0.1) is 0 Å². The average Bonchev–Trinajstić information content (AvgIpc) is 2.92. The molecule has 8 heteroatoms. The minimum Gasteiger partial charge on any atom is -0.493 e. The average molecular weight is 341 g/mol. The maximum Gasteiger partial charge on any atom is 0.170 e. The minimum atomic E-state index is 0.519. The number of aromatic nitrogens is 2. The fourth-order valence-corrected chi connectivity index (χ4v) is 2.21. The minimum absolute atomic E-state index is 0.519. The monoisotopic (exact) mass is 340 g/mol. The Kier molecular flexibility index (Phi) is 5.85. The highest BCUT2D eigenvalue weighted by Gasteiger charge is 2.05. The van der Waals surface area contributed by atoms with Crippen molar-refractivity contribution in [3.8, 4) is 11.5 Å². The Bertz CT molecular complexity index is 648. The lowest BCUT2D eigenvalue weighted by Gasteiger charge is -2.13. The molecule has 0 radical (unpaired) electrons. The van der Waals surface area contributed by atoms with Crippen molar-refractivity contribution in [2.24, 2.45) is 0 Å². The summed E-state index contributed by atoms with van der Waals surface area (Å²) < 4.78 is 12.2. The first-order valence-electron chi connectivity index (χ1n) is 6.57. The zero-order chi connectivity index (χ0) is 15.9. The van der Waals surface area contributed by atoms with Gasteiger partial charge in [-0.2, -0.15) is 5.10 Å². The van der Waals surface area contributed by atoms with Crippen LogP contribution in [0.5, 0.6) is 11.5 Å². The van der Waals surface area contributed by atoms with Crippen LogP contribution in [0.25, 0.3) is 0 Å². The zero-order valence-corrected chi connectivity index (χ0v) is 13.9. The van der Waals surface area contributed by atoms with Crippen molar-refractivity contribution in [1.82, 2.24) is 15.1 Å². The predicted octanol–water partition coefficient (Wildman–Crippen LogP) is 2.54. The third kappa shape index (κ3) is 4.51. The lowest BCUT2D eigenvalue weighted by molar-refractivity contribution is 0.355. The number of nitrogens with one attached hydrogen (secondary N) is 2. The van der Waals surface area contributed by atoms with Crippen LogP contribution in [-0.4, -0.2) is 35.7 Å². The highest BCUT2D eigenvalue weighted by atomic mass is 35.5. The molecule has 2 aromatic rings. The molecule has 0 aliphatic carbocycles.